The van der Waals surface area contributed by atoms with Crippen molar-refractivity contribution in [3.05, 3.63) is 17.9 Å². The molecular weight excluding hydrogens is 275 g/mol. The van der Waals surface area contributed by atoms with Crippen molar-refractivity contribution < 1.29 is 31.8 Å². The number of anilines is 2. The van der Waals surface area contributed by atoms with E-state index in [4.69, 9.17) is 10.8 Å². The Morgan fingerprint density at radius 1 is 1.26 bits per heavy atom. The molecule has 4 nitrogen and oxygen atoms in total. The van der Waals surface area contributed by atoms with Gasteiger partial charge in [-0.05, 0) is 0 Å². The number of ether oxygens (including phenoxy) is 1. The average Bonchev–Trinajstić information content (AvgIpc) is 2.30. The highest BCUT2D eigenvalue weighted by Gasteiger charge is 2.18. The molecule has 0 aliphatic rings. The van der Waals surface area contributed by atoms with Crippen LogP contribution in [0, 0.1) is 5.82 Å². The van der Waals surface area contributed by atoms with Gasteiger partial charge in [-0.2, -0.15) is 8.78 Å². The van der Waals surface area contributed by atoms with Crippen molar-refractivity contribution in [1.82, 2.24) is 0 Å². The van der Waals surface area contributed by atoms with Crippen molar-refractivity contribution in [2.24, 2.45) is 0 Å². The summed E-state index contributed by atoms with van der Waals surface area (Å²) in [4.78, 5) is 0. The Morgan fingerprint density at radius 2 is 1.89 bits per heavy atom. The van der Waals surface area contributed by atoms with Crippen molar-refractivity contribution in [3.63, 3.8) is 0 Å². The fraction of sp³-hybridized carbons (Fsp3) is 0.400. The third-order valence-corrected chi connectivity index (χ3v) is 2.11. The molecule has 0 saturated heterocycles. The van der Waals surface area contributed by atoms with Crippen molar-refractivity contribution >= 4 is 11.4 Å². The van der Waals surface area contributed by atoms with Gasteiger partial charge < -0.3 is 20.9 Å². The van der Waals surface area contributed by atoms with Gasteiger partial charge in [0.1, 0.15) is 6.10 Å². The lowest BCUT2D eigenvalue weighted by Crippen LogP contribution is -2.27. The van der Waals surface area contributed by atoms with Crippen LogP contribution in [0.4, 0.5) is 33.3 Å². The van der Waals surface area contributed by atoms with Crippen LogP contribution < -0.4 is 15.8 Å². The van der Waals surface area contributed by atoms with E-state index in [2.05, 4.69) is 10.1 Å². The number of halogens is 5. The van der Waals surface area contributed by atoms with E-state index in [0.29, 0.717) is 6.07 Å². The minimum atomic E-state index is -3.24. The summed E-state index contributed by atoms with van der Waals surface area (Å²) >= 11 is 0. The normalized spacial score (nSPS) is 12.8. The Kier molecular flexibility index (Phi) is 5.16. The molecule has 4 N–H and O–H groups in total. The summed E-state index contributed by atoms with van der Waals surface area (Å²) in [7, 11) is 0. The Hall–Kier alpha value is -1.77. The molecule has 0 heterocycles. The summed E-state index contributed by atoms with van der Waals surface area (Å²) in [6.45, 7) is -3.82. The number of nitrogen functional groups attached to an aromatic ring is 1. The van der Waals surface area contributed by atoms with Crippen molar-refractivity contribution in [2.45, 2.75) is 19.1 Å². The minimum Gasteiger partial charge on any atom is -0.432 e. The summed E-state index contributed by atoms with van der Waals surface area (Å²) in [6.07, 6.45) is -4.95. The van der Waals surface area contributed by atoms with E-state index in [1.807, 2.05) is 0 Å². The summed E-state index contributed by atoms with van der Waals surface area (Å²) in [5.41, 5.74) is 5.07. The lowest BCUT2D eigenvalue weighted by Gasteiger charge is -2.15. The Morgan fingerprint density at radius 3 is 2.42 bits per heavy atom. The molecule has 0 fully saturated rings. The predicted molar refractivity (Wildman–Crippen MR) is 57.9 cm³/mol. The average molecular weight is 286 g/mol. The topological polar surface area (TPSA) is 67.5 Å². The molecule has 0 radical (unpaired) electrons. The number of alkyl halides is 4. The molecule has 1 unspecified atom stereocenters. The molecule has 19 heavy (non-hydrogen) atoms. The van der Waals surface area contributed by atoms with Gasteiger partial charge in [0.05, 0.1) is 11.4 Å². The molecule has 1 aromatic rings. The van der Waals surface area contributed by atoms with Crippen LogP contribution in [0.2, 0.25) is 0 Å². The SMILES string of the molecule is Nc1cc(F)c(OC(F)F)cc1NCC(O)C(F)F. The van der Waals surface area contributed by atoms with E-state index in [1.165, 1.54) is 0 Å². The second kappa shape index (κ2) is 6.41. The van der Waals surface area contributed by atoms with Gasteiger partial charge in [-0.3, -0.25) is 0 Å². The number of aliphatic hydroxyl groups is 1. The smallest absolute Gasteiger partial charge is 0.387 e. The van der Waals surface area contributed by atoms with Crippen LogP contribution in [0.3, 0.4) is 0 Å². The van der Waals surface area contributed by atoms with Crippen LogP contribution in [0.25, 0.3) is 0 Å². The van der Waals surface area contributed by atoms with Crippen molar-refractivity contribution in [1.29, 1.82) is 0 Å². The molecule has 1 rings (SSSR count). The highest BCUT2D eigenvalue weighted by atomic mass is 19.3. The molecule has 0 amide bonds. The second-order valence-electron chi connectivity index (χ2n) is 3.53. The third kappa shape index (κ3) is 4.43. The zero-order valence-corrected chi connectivity index (χ0v) is 9.42. The molecule has 1 aromatic carbocycles. The lowest BCUT2D eigenvalue weighted by atomic mass is 10.2. The number of aliphatic hydroxyl groups excluding tert-OH is 1. The first-order chi connectivity index (χ1) is 8.81. The number of nitrogens with two attached hydrogens (primary N) is 1. The number of benzene rings is 1. The molecule has 0 bridgehead atoms. The van der Waals surface area contributed by atoms with Crippen LogP contribution in [-0.2, 0) is 0 Å². The van der Waals surface area contributed by atoms with E-state index < -0.39 is 37.3 Å². The number of hydrogen-bond donors (Lipinski definition) is 3. The van der Waals surface area contributed by atoms with Gasteiger partial charge >= 0.3 is 6.61 Å². The Balaban J connectivity index is 2.82. The fourth-order valence-electron chi connectivity index (χ4n) is 1.21. The largest absolute Gasteiger partial charge is 0.432 e. The fourth-order valence-corrected chi connectivity index (χ4v) is 1.21. The first-order valence-corrected chi connectivity index (χ1v) is 5.05. The third-order valence-electron chi connectivity index (χ3n) is 2.11. The van der Waals surface area contributed by atoms with Crippen molar-refractivity contribution in [3.8, 4) is 5.75 Å². The van der Waals surface area contributed by atoms with E-state index in [1.54, 1.807) is 0 Å². The minimum absolute atomic E-state index is 0.100. The predicted octanol–water partition coefficient (Wildman–Crippen LogP) is 2.05. The summed E-state index contributed by atoms with van der Waals surface area (Å²) < 4.78 is 65.1. The Labute approximate surface area is 105 Å². The zero-order chi connectivity index (χ0) is 14.6. The first kappa shape index (κ1) is 15.3. The molecule has 0 spiro atoms. The van der Waals surface area contributed by atoms with Gasteiger partial charge in [0, 0.05) is 18.7 Å². The molecule has 108 valence electrons. The molecule has 0 saturated carbocycles. The zero-order valence-electron chi connectivity index (χ0n) is 9.42. The van der Waals surface area contributed by atoms with Gasteiger partial charge in [-0.1, -0.05) is 0 Å². The second-order valence-corrected chi connectivity index (χ2v) is 3.53. The van der Waals surface area contributed by atoms with Crippen LogP contribution in [0.5, 0.6) is 5.75 Å². The first-order valence-electron chi connectivity index (χ1n) is 5.05. The van der Waals surface area contributed by atoms with Crippen LogP contribution in [-0.4, -0.2) is 30.8 Å². The highest BCUT2D eigenvalue weighted by molar-refractivity contribution is 5.68. The highest BCUT2D eigenvalue weighted by Crippen LogP contribution is 2.29. The molecule has 1 atom stereocenters. The lowest BCUT2D eigenvalue weighted by molar-refractivity contribution is -0.0521. The van der Waals surface area contributed by atoms with Gasteiger partial charge in [0.25, 0.3) is 6.43 Å². The molecule has 0 aromatic heterocycles. The Bertz CT molecular complexity index is 431. The molecule has 0 aliphatic heterocycles. The van der Waals surface area contributed by atoms with Crippen LogP contribution >= 0.6 is 0 Å². The van der Waals surface area contributed by atoms with E-state index in [0.717, 1.165) is 6.07 Å². The summed E-state index contributed by atoms with van der Waals surface area (Å²) in [5, 5.41) is 11.2. The maximum absolute atomic E-state index is 13.2. The van der Waals surface area contributed by atoms with Crippen LogP contribution in [0.1, 0.15) is 0 Å². The van der Waals surface area contributed by atoms with Gasteiger partial charge in [-0.15, -0.1) is 0 Å². The monoisotopic (exact) mass is 286 g/mol. The number of rotatable bonds is 6. The molecular formula is C10H11F5N2O2. The maximum Gasteiger partial charge on any atom is 0.387 e. The van der Waals surface area contributed by atoms with Gasteiger partial charge in [0.2, 0.25) is 0 Å². The standard InChI is InChI=1S/C10H11F5N2O2/c11-4-1-5(16)6(2-8(4)19-10(14)15)17-3-7(18)9(12)13/h1-2,7,9-10,17-18H,3,16H2. The molecule has 9 heteroatoms. The van der Waals surface area contributed by atoms with E-state index >= 15 is 0 Å². The number of hydrogen-bond acceptors (Lipinski definition) is 4. The van der Waals surface area contributed by atoms with E-state index in [9.17, 15) is 22.0 Å². The van der Waals surface area contributed by atoms with E-state index in [-0.39, 0.29) is 11.4 Å². The van der Waals surface area contributed by atoms with Crippen molar-refractivity contribution in [2.75, 3.05) is 17.6 Å². The molecule has 0 aliphatic carbocycles. The quantitative estimate of drug-likeness (QED) is 0.553. The van der Waals surface area contributed by atoms with Gasteiger partial charge in [-0.25, -0.2) is 13.2 Å². The maximum atomic E-state index is 13.2. The van der Waals surface area contributed by atoms with Crippen LogP contribution in [0.15, 0.2) is 12.1 Å². The summed E-state index contributed by atoms with van der Waals surface area (Å²) in [6, 6.07) is 1.50. The summed E-state index contributed by atoms with van der Waals surface area (Å²) in [5.74, 6) is -1.89. The van der Waals surface area contributed by atoms with Gasteiger partial charge in [0.15, 0.2) is 11.6 Å². The number of nitrogens with one attached hydrogen (secondary N) is 1.